The van der Waals surface area contributed by atoms with E-state index in [0.29, 0.717) is 11.0 Å². The van der Waals surface area contributed by atoms with E-state index in [1.807, 2.05) is 66.7 Å². The Bertz CT molecular complexity index is 1280. The van der Waals surface area contributed by atoms with Crippen molar-refractivity contribution in [1.29, 1.82) is 0 Å². The fraction of sp³-hybridized carbons (Fsp3) is 0. The van der Waals surface area contributed by atoms with Gasteiger partial charge in [-0.1, -0.05) is 54.6 Å². The lowest BCUT2D eigenvalue weighted by Crippen LogP contribution is -2.12. The second kappa shape index (κ2) is 7.48. The first kappa shape index (κ1) is 18.3. The van der Waals surface area contributed by atoms with Crippen molar-refractivity contribution in [1.82, 2.24) is 0 Å². The highest BCUT2D eigenvalue weighted by molar-refractivity contribution is 5.92. The average molecular weight is 383 g/mol. The van der Waals surface area contributed by atoms with Gasteiger partial charge in [-0.15, -0.1) is 0 Å². The minimum atomic E-state index is -1.30. The predicted molar refractivity (Wildman–Crippen MR) is 115 cm³/mol. The summed E-state index contributed by atoms with van der Waals surface area (Å²) in [6, 6.07) is 22.4. The van der Waals surface area contributed by atoms with Gasteiger partial charge in [-0.25, -0.2) is 9.59 Å². The summed E-state index contributed by atoms with van der Waals surface area (Å²) in [5.74, 6) is -1.30. The van der Waals surface area contributed by atoms with E-state index in [1.54, 1.807) is 12.1 Å². The Balaban J connectivity index is 1.59. The molecule has 0 radical (unpaired) electrons. The highest BCUT2D eigenvalue weighted by atomic mass is 16.4. The Morgan fingerprint density at radius 2 is 1.41 bits per heavy atom. The van der Waals surface area contributed by atoms with Gasteiger partial charge >= 0.3 is 11.6 Å². The molecule has 0 amide bonds. The van der Waals surface area contributed by atoms with Gasteiger partial charge in [-0.3, -0.25) is 0 Å². The number of aromatic carboxylic acids is 1. The molecular weight excluding hydrogens is 366 g/mol. The van der Waals surface area contributed by atoms with E-state index >= 15 is 0 Å². The Hall–Kier alpha value is -4.12. The first-order chi connectivity index (χ1) is 14.0. The van der Waals surface area contributed by atoms with Gasteiger partial charge in [0.15, 0.2) is 0 Å². The number of carboxylic acid groups (broad SMARTS) is 1. The molecule has 29 heavy (non-hydrogen) atoms. The van der Waals surface area contributed by atoms with E-state index < -0.39 is 11.6 Å². The van der Waals surface area contributed by atoms with Crippen LogP contribution >= 0.6 is 0 Å². The van der Waals surface area contributed by atoms with Crippen LogP contribution in [0.1, 0.15) is 21.5 Å². The van der Waals surface area contributed by atoms with Crippen LogP contribution in [-0.4, -0.2) is 11.1 Å². The number of hydrogen-bond acceptors (Lipinski definition) is 4. The molecule has 1 aromatic heterocycles. The van der Waals surface area contributed by atoms with Crippen LogP contribution in [0.5, 0.6) is 0 Å². The van der Waals surface area contributed by atoms with Gasteiger partial charge in [0.1, 0.15) is 11.1 Å². The molecule has 3 aromatic carbocycles. The number of benzene rings is 3. The van der Waals surface area contributed by atoms with E-state index in [1.165, 1.54) is 6.07 Å². The van der Waals surface area contributed by atoms with E-state index in [9.17, 15) is 9.59 Å². The highest BCUT2D eigenvalue weighted by Gasteiger charge is 2.11. The molecule has 1 heterocycles. The Morgan fingerprint density at radius 1 is 0.828 bits per heavy atom. The van der Waals surface area contributed by atoms with Gasteiger partial charge in [-0.2, -0.15) is 0 Å². The normalized spacial score (nSPS) is 11.2. The second-order valence-electron chi connectivity index (χ2n) is 6.63. The lowest BCUT2D eigenvalue weighted by atomic mass is 10.0. The average Bonchev–Trinajstić information content (AvgIpc) is 2.72. The largest absolute Gasteiger partial charge is 0.477 e. The quantitative estimate of drug-likeness (QED) is 0.297. The third-order valence-corrected chi connectivity index (χ3v) is 4.61. The fourth-order valence-corrected chi connectivity index (χ4v) is 3.05. The van der Waals surface area contributed by atoms with Gasteiger partial charge in [-0.05, 0) is 52.6 Å². The molecule has 0 unspecified atom stereocenters. The van der Waals surface area contributed by atoms with E-state index in [0.717, 1.165) is 27.9 Å². The molecule has 5 nitrogen and oxygen atoms in total. The smallest absolute Gasteiger partial charge is 0.351 e. The number of rotatable bonds is 4. The molecule has 0 saturated carbocycles. The number of fused-ring (bicyclic) bond motifs is 1. The number of anilines is 1. The maximum atomic E-state index is 11.6. The van der Waals surface area contributed by atoms with E-state index in [-0.39, 0.29) is 5.56 Å². The monoisotopic (exact) mass is 383 g/mol. The Kier molecular flexibility index (Phi) is 4.71. The van der Waals surface area contributed by atoms with Crippen LogP contribution in [0, 0.1) is 0 Å². The van der Waals surface area contributed by atoms with E-state index in [2.05, 4.69) is 0 Å². The molecule has 5 heteroatoms. The fourth-order valence-electron chi connectivity index (χ4n) is 3.05. The van der Waals surface area contributed by atoms with Crippen LogP contribution in [0.2, 0.25) is 0 Å². The van der Waals surface area contributed by atoms with Crippen LogP contribution in [0.15, 0.2) is 82.0 Å². The number of hydrogen-bond donors (Lipinski definition) is 2. The molecule has 3 N–H and O–H groups in total. The van der Waals surface area contributed by atoms with Crippen molar-refractivity contribution >= 4 is 34.8 Å². The van der Waals surface area contributed by atoms with Crippen molar-refractivity contribution in [2.75, 3.05) is 5.73 Å². The number of nitrogen functional groups attached to an aromatic ring is 1. The third kappa shape index (κ3) is 3.94. The van der Waals surface area contributed by atoms with Crippen LogP contribution in [-0.2, 0) is 0 Å². The SMILES string of the molecule is Nc1ccc(-c2ccc(/C=C/c3ccc4oc(=O)c(C(=O)O)cc4c3)cc2)cc1. The van der Waals surface area contributed by atoms with Crippen molar-refractivity contribution in [3.8, 4) is 11.1 Å². The zero-order valence-electron chi connectivity index (χ0n) is 15.3. The summed E-state index contributed by atoms with van der Waals surface area (Å²) in [7, 11) is 0. The summed E-state index contributed by atoms with van der Waals surface area (Å²) in [5.41, 5.74) is 9.67. The van der Waals surface area contributed by atoms with Gasteiger partial charge in [0.25, 0.3) is 0 Å². The van der Waals surface area contributed by atoms with Crippen molar-refractivity contribution < 1.29 is 14.3 Å². The van der Waals surface area contributed by atoms with Crippen LogP contribution < -0.4 is 11.4 Å². The molecule has 0 aliphatic heterocycles. The number of carboxylic acids is 1. The summed E-state index contributed by atoms with van der Waals surface area (Å²) >= 11 is 0. The summed E-state index contributed by atoms with van der Waals surface area (Å²) in [6.07, 6.45) is 3.88. The minimum Gasteiger partial charge on any atom is -0.477 e. The van der Waals surface area contributed by atoms with Crippen molar-refractivity contribution in [2.24, 2.45) is 0 Å². The van der Waals surface area contributed by atoms with Crippen LogP contribution in [0.25, 0.3) is 34.2 Å². The lowest BCUT2D eigenvalue weighted by Gasteiger charge is -2.03. The molecule has 0 fully saturated rings. The van der Waals surface area contributed by atoms with Crippen LogP contribution in [0.3, 0.4) is 0 Å². The van der Waals surface area contributed by atoms with Gasteiger partial charge in [0, 0.05) is 11.1 Å². The van der Waals surface area contributed by atoms with Gasteiger partial charge < -0.3 is 15.3 Å². The first-order valence-corrected chi connectivity index (χ1v) is 8.95. The summed E-state index contributed by atoms with van der Waals surface area (Å²) in [4.78, 5) is 22.8. The molecule has 4 rings (SSSR count). The Morgan fingerprint density at radius 3 is 2.07 bits per heavy atom. The summed E-state index contributed by atoms with van der Waals surface area (Å²) in [6.45, 7) is 0. The first-order valence-electron chi connectivity index (χ1n) is 8.95. The number of nitrogens with two attached hydrogens (primary N) is 1. The molecule has 0 aliphatic carbocycles. The zero-order chi connectivity index (χ0) is 20.4. The topological polar surface area (TPSA) is 93.5 Å². The third-order valence-electron chi connectivity index (χ3n) is 4.61. The molecule has 0 aliphatic rings. The molecule has 0 atom stereocenters. The molecule has 0 spiro atoms. The molecular formula is C24H17NO4. The maximum absolute atomic E-state index is 11.6. The Labute approximate surface area is 166 Å². The van der Waals surface area contributed by atoms with Gasteiger partial charge in [0.05, 0.1) is 0 Å². The maximum Gasteiger partial charge on any atom is 0.351 e. The highest BCUT2D eigenvalue weighted by Crippen LogP contribution is 2.22. The van der Waals surface area contributed by atoms with Crippen molar-refractivity contribution in [3.05, 3.63) is 99.9 Å². The molecule has 0 bridgehead atoms. The lowest BCUT2D eigenvalue weighted by molar-refractivity contribution is 0.0692. The zero-order valence-corrected chi connectivity index (χ0v) is 15.3. The minimum absolute atomic E-state index is 0.352. The molecule has 142 valence electrons. The second-order valence-corrected chi connectivity index (χ2v) is 6.63. The molecule has 4 aromatic rings. The number of carbonyl (C=O) groups is 1. The standard InChI is InChI=1S/C24H17NO4/c25-20-10-8-18(9-11-20)17-6-3-15(4-7-17)1-2-16-5-12-22-19(13-16)14-21(23(26)27)24(28)29-22/h1-14H,25H2,(H,26,27)/b2-1+. The summed E-state index contributed by atoms with van der Waals surface area (Å²) < 4.78 is 5.07. The van der Waals surface area contributed by atoms with E-state index in [4.69, 9.17) is 15.3 Å². The summed E-state index contributed by atoms with van der Waals surface area (Å²) in [5, 5.41) is 9.64. The van der Waals surface area contributed by atoms with Crippen LogP contribution in [0.4, 0.5) is 5.69 Å². The molecule has 0 saturated heterocycles. The van der Waals surface area contributed by atoms with Crippen molar-refractivity contribution in [3.63, 3.8) is 0 Å². The van der Waals surface area contributed by atoms with Gasteiger partial charge in [0.2, 0.25) is 0 Å². The predicted octanol–water partition coefficient (Wildman–Crippen LogP) is 4.91. The van der Waals surface area contributed by atoms with Crippen molar-refractivity contribution in [2.45, 2.75) is 0 Å².